The highest BCUT2D eigenvalue weighted by Crippen LogP contribution is 2.12. The maximum absolute atomic E-state index is 5.60. The Hall–Kier alpha value is -1.19. The van der Waals surface area contributed by atoms with Crippen LogP contribution in [0.3, 0.4) is 0 Å². The summed E-state index contributed by atoms with van der Waals surface area (Å²) in [6.45, 7) is 4.89. The predicted octanol–water partition coefficient (Wildman–Crippen LogP) is 1.12. The molecule has 0 aliphatic carbocycles. The van der Waals surface area contributed by atoms with E-state index in [-0.39, 0.29) is 0 Å². The minimum absolute atomic E-state index is 0.621. The molecule has 0 aromatic carbocycles. The second-order valence-electron chi connectivity index (χ2n) is 2.51. The lowest BCUT2D eigenvalue weighted by Gasteiger charge is -1.99. The van der Waals surface area contributed by atoms with Crippen molar-refractivity contribution in [2.24, 2.45) is 0 Å². The van der Waals surface area contributed by atoms with E-state index in [2.05, 4.69) is 22.2 Å². The molecule has 1 heterocycles. The lowest BCUT2D eigenvalue weighted by atomic mass is 10.5. The number of nitrogen functional groups attached to an aromatic ring is 1. The zero-order valence-corrected chi connectivity index (χ0v) is 6.94. The largest absolute Gasteiger partial charge is 0.382 e. The van der Waals surface area contributed by atoms with Crippen LogP contribution in [0, 0.1) is 6.92 Å². The summed E-state index contributed by atoms with van der Waals surface area (Å²) in [5.41, 5.74) is 5.60. The number of H-pyrrole nitrogens is 1. The molecule has 0 atom stereocenters. The van der Waals surface area contributed by atoms with Gasteiger partial charge in [0.05, 0.1) is 0 Å². The van der Waals surface area contributed by atoms with Crippen LogP contribution in [0.5, 0.6) is 0 Å². The summed E-state index contributed by atoms with van der Waals surface area (Å²) >= 11 is 0. The monoisotopic (exact) mass is 154 g/mol. The number of hydrogen-bond acceptors (Lipinski definition) is 3. The molecule has 4 heteroatoms. The highest BCUT2D eigenvalue weighted by Gasteiger charge is 2.01. The number of aromatic amines is 1. The van der Waals surface area contributed by atoms with Crippen LogP contribution in [0.4, 0.5) is 11.6 Å². The van der Waals surface area contributed by atoms with Crippen LogP contribution in [-0.2, 0) is 0 Å². The Morgan fingerprint density at radius 1 is 1.64 bits per heavy atom. The van der Waals surface area contributed by atoms with E-state index in [9.17, 15) is 0 Å². The van der Waals surface area contributed by atoms with Crippen molar-refractivity contribution >= 4 is 11.6 Å². The van der Waals surface area contributed by atoms with E-state index in [1.165, 1.54) is 0 Å². The molecule has 1 aromatic rings. The van der Waals surface area contributed by atoms with Crippen molar-refractivity contribution in [3.05, 3.63) is 5.82 Å². The van der Waals surface area contributed by atoms with Gasteiger partial charge in [0.15, 0.2) is 5.82 Å². The molecule has 1 rings (SSSR count). The molecule has 0 saturated heterocycles. The molecular formula is C7H14N4. The molecular weight excluding hydrogens is 140 g/mol. The third-order valence-electron chi connectivity index (χ3n) is 1.39. The van der Waals surface area contributed by atoms with Gasteiger partial charge in [0.2, 0.25) is 0 Å². The third kappa shape index (κ3) is 1.86. The number of nitrogens with zero attached hydrogens (tertiary/aromatic N) is 1. The highest BCUT2D eigenvalue weighted by atomic mass is 15.1. The Morgan fingerprint density at radius 3 is 2.82 bits per heavy atom. The lowest BCUT2D eigenvalue weighted by molar-refractivity contribution is 0.971. The van der Waals surface area contributed by atoms with Gasteiger partial charge in [-0.25, -0.2) is 4.98 Å². The van der Waals surface area contributed by atoms with Crippen molar-refractivity contribution in [2.45, 2.75) is 20.3 Å². The molecule has 4 N–H and O–H groups in total. The first-order chi connectivity index (χ1) is 5.24. The Morgan fingerprint density at radius 2 is 2.36 bits per heavy atom. The normalized spacial score (nSPS) is 10.0. The molecule has 0 aliphatic rings. The molecule has 0 aliphatic heterocycles. The molecule has 0 spiro atoms. The van der Waals surface area contributed by atoms with E-state index in [0.29, 0.717) is 5.82 Å². The fourth-order valence-electron chi connectivity index (χ4n) is 0.888. The molecule has 0 saturated carbocycles. The van der Waals surface area contributed by atoms with Crippen LogP contribution in [0.15, 0.2) is 0 Å². The van der Waals surface area contributed by atoms with E-state index in [0.717, 1.165) is 24.6 Å². The first-order valence-electron chi connectivity index (χ1n) is 3.80. The van der Waals surface area contributed by atoms with Gasteiger partial charge in [0.25, 0.3) is 0 Å². The standard InChI is InChI=1S/C7H14N4/c1-3-4-9-7-6(8)10-5(2)11-7/h9H,3-4,8H2,1-2H3,(H,10,11). The fourth-order valence-corrected chi connectivity index (χ4v) is 0.888. The number of imidazole rings is 1. The first-order valence-corrected chi connectivity index (χ1v) is 3.80. The van der Waals surface area contributed by atoms with Crippen molar-refractivity contribution < 1.29 is 0 Å². The zero-order valence-electron chi connectivity index (χ0n) is 6.94. The van der Waals surface area contributed by atoms with E-state index >= 15 is 0 Å². The predicted molar refractivity (Wildman–Crippen MR) is 46.5 cm³/mol. The number of aryl methyl sites for hydroxylation is 1. The average molecular weight is 154 g/mol. The summed E-state index contributed by atoms with van der Waals surface area (Å²) < 4.78 is 0. The topological polar surface area (TPSA) is 66.7 Å². The second kappa shape index (κ2) is 3.27. The molecule has 0 radical (unpaired) electrons. The molecule has 4 nitrogen and oxygen atoms in total. The third-order valence-corrected chi connectivity index (χ3v) is 1.39. The van der Waals surface area contributed by atoms with Crippen LogP contribution in [0.25, 0.3) is 0 Å². The molecule has 62 valence electrons. The van der Waals surface area contributed by atoms with Crippen LogP contribution in [-0.4, -0.2) is 16.5 Å². The minimum Gasteiger partial charge on any atom is -0.382 e. The van der Waals surface area contributed by atoms with Gasteiger partial charge in [0.1, 0.15) is 11.6 Å². The van der Waals surface area contributed by atoms with Crippen LogP contribution >= 0.6 is 0 Å². The summed E-state index contributed by atoms with van der Waals surface area (Å²) in [4.78, 5) is 7.08. The molecule has 1 aromatic heterocycles. The fraction of sp³-hybridized carbons (Fsp3) is 0.571. The maximum Gasteiger partial charge on any atom is 0.168 e. The molecule has 0 unspecified atom stereocenters. The number of nitrogens with one attached hydrogen (secondary N) is 2. The van der Waals surface area contributed by atoms with Crippen LogP contribution < -0.4 is 11.1 Å². The average Bonchev–Trinajstić information content (AvgIpc) is 2.26. The van der Waals surface area contributed by atoms with Gasteiger partial charge in [-0.15, -0.1) is 0 Å². The number of rotatable bonds is 3. The maximum atomic E-state index is 5.60. The summed E-state index contributed by atoms with van der Waals surface area (Å²) in [5.74, 6) is 2.24. The first kappa shape index (κ1) is 7.91. The summed E-state index contributed by atoms with van der Waals surface area (Å²) in [6.07, 6.45) is 1.07. The van der Waals surface area contributed by atoms with E-state index < -0.39 is 0 Å². The Kier molecular flexibility index (Phi) is 2.36. The van der Waals surface area contributed by atoms with Gasteiger partial charge in [-0.05, 0) is 13.3 Å². The number of anilines is 2. The highest BCUT2D eigenvalue weighted by molar-refractivity contribution is 5.56. The number of nitrogens with two attached hydrogens (primary N) is 1. The van der Waals surface area contributed by atoms with Gasteiger partial charge < -0.3 is 16.0 Å². The van der Waals surface area contributed by atoms with Crippen molar-refractivity contribution in [1.82, 2.24) is 9.97 Å². The summed E-state index contributed by atoms with van der Waals surface area (Å²) in [7, 11) is 0. The zero-order chi connectivity index (χ0) is 8.27. The van der Waals surface area contributed by atoms with E-state index in [4.69, 9.17) is 5.73 Å². The molecule has 0 amide bonds. The van der Waals surface area contributed by atoms with Crippen LogP contribution in [0.1, 0.15) is 19.2 Å². The van der Waals surface area contributed by atoms with Crippen molar-refractivity contribution in [2.75, 3.05) is 17.6 Å². The van der Waals surface area contributed by atoms with Gasteiger partial charge in [0, 0.05) is 6.54 Å². The van der Waals surface area contributed by atoms with E-state index in [1.54, 1.807) is 0 Å². The number of hydrogen-bond donors (Lipinski definition) is 3. The minimum atomic E-state index is 0.621. The summed E-state index contributed by atoms with van der Waals surface area (Å²) in [6, 6.07) is 0. The summed E-state index contributed by atoms with van der Waals surface area (Å²) in [5, 5.41) is 3.12. The van der Waals surface area contributed by atoms with Crippen molar-refractivity contribution in [3.8, 4) is 0 Å². The van der Waals surface area contributed by atoms with Crippen molar-refractivity contribution in [1.29, 1.82) is 0 Å². The number of aromatic nitrogens is 2. The smallest absolute Gasteiger partial charge is 0.168 e. The van der Waals surface area contributed by atoms with Gasteiger partial charge in [-0.3, -0.25) is 0 Å². The molecule has 11 heavy (non-hydrogen) atoms. The second-order valence-corrected chi connectivity index (χ2v) is 2.51. The van der Waals surface area contributed by atoms with Crippen LogP contribution in [0.2, 0.25) is 0 Å². The Bertz CT molecular complexity index is 228. The lowest BCUT2D eigenvalue weighted by Crippen LogP contribution is -2.02. The SMILES string of the molecule is CCCNc1nc(C)[nH]c1N. The quantitative estimate of drug-likeness (QED) is 0.611. The van der Waals surface area contributed by atoms with Gasteiger partial charge in [-0.2, -0.15) is 0 Å². The Labute approximate surface area is 66.2 Å². The Balaban J connectivity index is 2.62. The van der Waals surface area contributed by atoms with Gasteiger partial charge >= 0.3 is 0 Å². The molecule has 0 bridgehead atoms. The van der Waals surface area contributed by atoms with E-state index in [1.807, 2.05) is 6.92 Å². The van der Waals surface area contributed by atoms with Crippen molar-refractivity contribution in [3.63, 3.8) is 0 Å². The van der Waals surface area contributed by atoms with Gasteiger partial charge in [-0.1, -0.05) is 6.92 Å². The molecule has 0 fully saturated rings.